The van der Waals surface area contributed by atoms with E-state index in [9.17, 15) is 27.2 Å². The van der Waals surface area contributed by atoms with Gasteiger partial charge in [-0.3, -0.25) is 9.89 Å². The van der Waals surface area contributed by atoms with E-state index in [2.05, 4.69) is 20.1 Å². The van der Waals surface area contributed by atoms with Crippen molar-refractivity contribution in [2.45, 2.75) is 19.2 Å². The Hall–Kier alpha value is -4.16. The molecular formula is C25H23F4N5O4. The van der Waals surface area contributed by atoms with E-state index in [1.165, 1.54) is 17.0 Å². The molecule has 3 heterocycles. The highest BCUT2D eigenvalue weighted by Crippen LogP contribution is 2.30. The molecule has 1 saturated heterocycles. The van der Waals surface area contributed by atoms with Crippen LogP contribution in [0.25, 0.3) is 11.0 Å². The van der Waals surface area contributed by atoms with Crippen LogP contribution >= 0.6 is 0 Å². The molecule has 13 heteroatoms. The summed E-state index contributed by atoms with van der Waals surface area (Å²) in [7, 11) is 0. The Bertz CT molecular complexity index is 1390. The normalized spacial score (nSPS) is 17.7. The first-order chi connectivity index (χ1) is 18.2. The zero-order chi connectivity index (χ0) is 26.9. The quantitative estimate of drug-likeness (QED) is 0.392. The molecule has 38 heavy (non-hydrogen) atoms. The van der Waals surface area contributed by atoms with E-state index < -0.39 is 24.7 Å². The molecule has 2 aromatic carbocycles. The molecule has 5 rings (SSSR count). The Labute approximate surface area is 214 Å². The average Bonchev–Trinajstić information content (AvgIpc) is 3.47. The lowest BCUT2D eigenvalue weighted by molar-refractivity contribution is -0.153. The van der Waals surface area contributed by atoms with Crippen molar-refractivity contribution in [1.29, 1.82) is 0 Å². The number of halogens is 4. The van der Waals surface area contributed by atoms with Crippen LogP contribution in [0.2, 0.25) is 0 Å². The summed E-state index contributed by atoms with van der Waals surface area (Å²) in [4.78, 5) is 28.9. The van der Waals surface area contributed by atoms with Gasteiger partial charge in [0, 0.05) is 49.3 Å². The van der Waals surface area contributed by atoms with Crippen LogP contribution in [0, 0.1) is 11.7 Å². The molecule has 0 unspecified atom stereocenters. The summed E-state index contributed by atoms with van der Waals surface area (Å²) >= 11 is 0. The number of benzene rings is 2. The van der Waals surface area contributed by atoms with E-state index >= 15 is 0 Å². The van der Waals surface area contributed by atoms with E-state index in [-0.39, 0.29) is 36.3 Å². The summed E-state index contributed by atoms with van der Waals surface area (Å²) in [6, 6.07) is 8.43. The Morgan fingerprint density at radius 3 is 2.76 bits per heavy atom. The number of ether oxygens (including phenoxy) is 2. The van der Waals surface area contributed by atoms with E-state index in [0.29, 0.717) is 37.1 Å². The van der Waals surface area contributed by atoms with Crippen LogP contribution in [-0.2, 0) is 11.3 Å². The monoisotopic (exact) mass is 533 g/mol. The molecule has 0 aliphatic carbocycles. The number of nitrogens with one attached hydrogen (secondary N) is 1. The molecule has 0 saturated carbocycles. The second-order valence-electron chi connectivity index (χ2n) is 9.15. The number of nitrogens with zero attached hydrogens (tertiary/aromatic N) is 4. The molecule has 1 atom stereocenters. The third-order valence-corrected chi connectivity index (χ3v) is 6.56. The van der Waals surface area contributed by atoms with Crippen molar-refractivity contribution < 1.29 is 36.6 Å². The third-order valence-electron chi connectivity index (χ3n) is 6.56. The fraction of sp³-hybridized carbons (Fsp3) is 0.360. The molecule has 200 valence electrons. The molecule has 1 N–H and O–H groups in total. The van der Waals surface area contributed by atoms with E-state index in [1.807, 2.05) is 6.08 Å². The maximum atomic E-state index is 14.3. The maximum absolute atomic E-state index is 14.3. The third kappa shape index (κ3) is 5.71. The van der Waals surface area contributed by atoms with Crippen LogP contribution in [0.5, 0.6) is 5.75 Å². The van der Waals surface area contributed by atoms with Crippen LogP contribution in [0.15, 0.2) is 48.0 Å². The number of carbonyl (C=O) groups is 2. The number of alkyl halides is 3. The second-order valence-corrected chi connectivity index (χ2v) is 9.15. The first kappa shape index (κ1) is 25.5. The summed E-state index contributed by atoms with van der Waals surface area (Å²) in [6.45, 7) is -0.251. The summed E-state index contributed by atoms with van der Waals surface area (Å²) in [5, 5.41) is 10.4. The van der Waals surface area contributed by atoms with Crippen LogP contribution < -0.4 is 4.74 Å². The summed E-state index contributed by atoms with van der Waals surface area (Å²) in [5.74, 6) is -1.10. The van der Waals surface area contributed by atoms with Crippen molar-refractivity contribution in [3.8, 4) is 5.75 Å². The minimum atomic E-state index is -4.54. The standard InChI is InChI=1S/C25H23F4N5O4/c26-20-10-19(38-14-25(27,28)29)3-1-18(20)13-37-24(36)33-7-5-16-11-34(12-17(16)6-8-33)23(35)15-2-4-21-22(9-15)31-32-30-21/h1-5,9-10,17H,6-8,11-14H2,(H,30,31,32)/t17-/m1/s1. The Morgan fingerprint density at radius 2 is 1.97 bits per heavy atom. The Morgan fingerprint density at radius 1 is 1.13 bits per heavy atom. The molecule has 2 aliphatic rings. The van der Waals surface area contributed by atoms with Gasteiger partial charge in [-0.15, -0.1) is 5.10 Å². The van der Waals surface area contributed by atoms with Crippen molar-refractivity contribution in [2.75, 3.05) is 32.8 Å². The highest BCUT2D eigenvalue weighted by Gasteiger charge is 2.33. The minimum absolute atomic E-state index is 0.0146. The van der Waals surface area contributed by atoms with Gasteiger partial charge in [-0.1, -0.05) is 11.3 Å². The van der Waals surface area contributed by atoms with E-state index in [4.69, 9.17) is 4.74 Å². The van der Waals surface area contributed by atoms with Gasteiger partial charge in [0.1, 0.15) is 23.7 Å². The SMILES string of the molecule is O=C(OCc1ccc(OCC(F)(F)F)cc1F)N1CC=C2CN(C(=O)c3ccc4[nH]nnc4c3)C[C@H]2CC1. The fourth-order valence-electron chi connectivity index (χ4n) is 4.54. The van der Waals surface area contributed by atoms with Gasteiger partial charge < -0.3 is 19.3 Å². The molecule has 1 fully saturated rings. The molecule has 2 amide bonds. The van der Waals surface area contributed by atoms with Gasteiger partial charge >= 0.3 is 12.3 Å². The number of fused-ring (bicyclic) bond motifs is 2. The van der Waals surface area contributed by atoms with Gasteiger partial charge in [0.15, 0.2) is 6.61 Å². The first-order valence-electron chi connectivity index (χ1n) is 11.8. The first-order valence-corrected chi connectivity index (χ1v) is 11.8. The Balaban J connectivity index is 1.14. The van der Waals surface area contributed by atoms with Crippen molar-refractivity contribution in [3.63, 3.8) is 0 Å². The lowest BCUT2D eigenvalue weighted by atomic mass is 10.00. The zero-order valence-corrected chi connectivity index (χ0v) is 20.0. The minimum Gasteiger partial charge on any atom is -0.484 e. The van der Waals surface area contributed by atoms with Gasteiger partial charge in [-0.25, -0.2) is 9.18 Å². The molecular weight excluding hydrogens is 510 g/mol. The highest BCUT2D eigenvalue weighted by molar-refractivity contribution is 5.97. The van der Waals surface area contributed by atoms with Gasteiger partial charge in [0.25, 0.3) is 5.91 Å². The summed E-state index contributed by atoms with van der Waals surface area (Å²) < 4.78 is 60.8. The lowest BCUT2D eigenvalue weighted by Gasteiger charge is -2.21. The molecule has 3 aromatic rings. The molecule has 9 nitrogen and oxygen atoms in total. The number of aromatic amines is 1. The van der Waals surface area contributed by atoms with Crippen LogP contribution in [0.1, 0.15) is 22.3 Å². The van der Waals surface area contributed by atoms with Crippen molar-refractivity contribution in [1.82, 2.24) is 25.2 Å². The van der Waals surface area contributed by atoms with Gasteiger partial charge in [0.2, 0.25) is 0 Å². The van der Waals surface area contributed by atoms with Crippen LogP contribution in [0.3, 0.4) is 0 Å². The van der Waals surface area contributed by atoms with Crippen LogP contribution in [-0.4, -0.2) is 76.2 Å². The summed E-state index contributed by atoms with van der Waals surface area (Å²) in [5.41, 5.74) is 2.97. The van der Waals surface area contributed by atoms with Crippen LogP contribution in [0.4, 0.5) is 22.4 Å². The largest absolute Gasteiger partial charge is 0.484 e. The zero-order valence-electron chi connectivity index (χ0n) is 20.0. The Kier molecular flexibility index (Phi) is 6.91. The maximum Gasteiger partial charge on any atom is 0.422 e. The predicted octanol–water partition coefficient (Wildman–Crippen LogP) is 4.08. The molecule has 2 aliphatic heterocycles. The topological polar surface area (TPSA) is 101 Å². The predicted molar refractivity (Wildman–Crippen MR) is 126 cm³/mol. The van der Waals surface area contributed by atoms with Gasteiger partial charge in [0.05, 0.1) is 5.52 Å². The number of amides is 2. The average molecular weight is 533 g/mol. The molecule has 0 spiro atoms. The molecule has 0 radical (unpaired) electrons. The van der Waals surface area contributed by atoms with Crippen molar-refractivity contribution in [2.24, 2.45) is 5.92 Å². The lowest BCUT2D eigenvalue weighted by Crippen LogP contribution is -2.33. The van der Waals surface area contributed by atoms with Gasteiger partial charge in [-0.05, 0) is 42.3 Å². The number of carbonyl (C=O) groups excluding carboxylic acids is 2. The van der Waals surface area contributed by atoms with Crippen molar-refractivity contribution in [3.05, 3.63) is 65.0 Å². The summed E-state index contributed by atoms with van der Waals surface area (Å²) in [6.07, 6.45) is -2.62. The van der Waals surface area contributed by atoms with Crippen molar-refractivity contribution >= 4 is 23.0 Å². The number of aromatic nitrogens is 3. The number of hydrogen-bond acceptors (Lipinski definition) is 6. The number of hydrogen-bond donors (Lipinski definition) is 1. The second kappa shape index (κ2) is 10.3. The van der Waals surface area contributed by atoms with Gasteiger partial charge in [-0.2, -0.15) is 13.2 Å². The number of H-pyrrole nitrogens is 1. The fourth-order valence-corrected chi connectivity index (χ4v) is 4.54. The molecule has 1 aromatic heterocycles. The van der Waals surface area contributed by atoms with E-state index in [1.54, 1.807) is 23.1 Å². The highest BCUT2D eigenvalue weighted by atomic mass is 19.4. The van der Waals surface area contributed by atoms with E-state index in [0.717, 1.165) is 17.2 Å². The number of likely N-dealkylation sites (tertiary alicyclic amines) is 1. The smallest absolute Gasteiger partial charge is 0.422 e. The number of rotatable bonds is 5. The molecule has 0 bridgehead atoms.